The van der Waals surface area contributed by atoms with E-state index >= 15 is 0 Å². The van der Waals surface area contributed by atoms with Gasteiger partial charge in [0.2, 0.25) is 0 Å². The van der Waals surface area contributed by atoms with Gasteiger partial charge in [-0.3, -0.25) is 0 Å². The van der Waals surface area contributed by atoms with Crippen molar-refractivity contribution in [2.45, 2.75) is 57.0 Å². The standard InChI is InChI=1S/C13H18O2/c14-11-6-5-10-7-12(15-13(10)8-11)9-3-1-2-4-9/h7,9,11,14H,1-6,8H2. The maximum absolute atomic E-state index is 9.57. The van der Waals surface area contributed by atoms with Gasteiger partial charge in [-0.15, -0.1) is 0 Å². The third-order valence-corrected chi connectivity index (χ3v) is 3.84. The normalized spacial score (nSPS) is 26.9. The average Bonchev–Trinajstić information content (AvgIpc) is 2.84. The van der Waals surface area contributed by atoms with Crippen LogP contribution in [0.25, 0.3) is 0 Å². The first-order valence-electron chi connectivity index (χ1n) is 6.12. The number of rotatable bonds is 1. The van der Waals surface area contributed by atoms with Crippen molar-refractivity contribution in [3.8, 4) is 0 Å². The van der Waals surface area contributed by atoms with Crippen molar-refractivity contribution in [3.05, 3.63) is 23.2 Å². The van der Waals surface area contributed by atoms with Gasteiger partial charge in [0.15, 0.2) is 0 Å². The molecule has 1 fully saturated rings. The van der Waals surface area contributed by atoms with Crippen molar-refractivity contribution < 1.29 is 9.52 Å². The summed E-state index contributed by atoms with van der Waals surface area (Å²) in [5, 5.41) is 9.57. The lowest BCUT2D eigenvalue weighted by molar-refractivity contribution is 0.149. The summed E-state index contributed by atoms with van der Waals surface area (Å²) in [5.41, 5.74) is 1.35. The molecule has 0 saturated heterocycles. The lowest BCUT2D eigenvalue weighted by Gasteiger charge is -2.14. The smallest absolute Gasteiger partial charge is 0.109 e. The lowest BCUT2D eigenvalue weighted by atomic mass is 9.95. The van der Waals surface area contributed by atoms with Gasteiger partial charge in [0.05, 0.1) is 6.10 Å². The van der Waals surface area contributed by atoms with Crippen LogP contribution in [0, 0.1) is 0 Å². The van der Waals surface area contributed by atoms with Gasteiger partial charge in [-0.2, -0.15) is 0 Å². The van der Waals surface area contributed by atoms with Crippen LogP contribution >= 0.6 is 0 Å². The molecule has 1 N–H and O–H groups in total. The quantitative estimate of drug-likeness (QED) is 0.766. The van der Waals surface area contributed by atoms with E-state index in [1.807, 2.05) is 0 Å². The number of furan rings is 1. The molecule has 0 radical (unpaired) electrons. The van der Waals surface area contributed by atoms with E-state index in [2.05, 4.69) is 6.07 Å². The molecular formula is C13H18O2. The molecule has 2 aliphatic carbocycles. The zero-order valence-corrected chi connectivity index (χ0v) is 9.04. The Kier molecular flexibility index (Phi) is 2.32. The van der Waals surface area contributed by atoms with Gasteiger partial charge in [-0.1, -0.05) is 12.8 Å². The van der Waals surface area contributed by atoms with Crippen molar-refractivity contribution in [1.82, 2.24) is 0 Å². The first-order valence-corrected chi connectivity index (χ1v) is 6.12. The molecule has 0 spiro atoms. The molecular weight excluding hydrogens is 188 g/mol. The van der Waals surface area contributed by atoms with Crippen LogP contribution < -0.4 is 0 Å². The van der Waals surface area contributed by atoms with E-state index in [1.54, 1.807) is 0 Å². The first-order chi connectivity index (χ1) is 7.33. The molecule has 3 rings (SSSR count). The maximum atomic E-state index is 9.57. The summed E-state index contributed by atoms with van der Waals surface area (Å²) < 4.78 is 5.90. The van der Waals surface area contributed by atoms with Crippen molar-refractivity contribution in [1.29, 1.82) is 0 Å². The highest BCUT2D eigenvalue weighted by molar-refractivity contribution is 5.27. The Balaban J connectivity index is 1.85. The minimum atomic E-state index is -0.180. The number of fused-ring (bicyclic) bond motifs is 1. The summed E-state index contributed by atoms with van der Waals surface area (Å²) in [6, 6.07) is 2.25. The molecule has 2 heteroatoms. The fourth-order valence-corrected chi connectivity index (χ4v) is 2.92. The predicted octanol–water partition coefficient (Wildman–Crippen LogP) is 2.79. The van der Waals surface area contributed by atoms with Gasteiger partial charge >= 0.3 is 0 Å². The molecule has 1 heterocycles. The summed E-state index contributed by atoms with van der Waals surface area (Å²) in [6.07, 6.45) is 7.70. The van der Waals surface area contributed by atoms with Crippen molar-refractivity contribution in [2.75, 3.05) is 0 Å². The van der Waals surface area contributed by atoms with Gasteiger partial charge in [0.25, 0.3) is 0 Å². The summed E-state index contributed by atoms with van der Waals surface area (Å²) in [4.78, 5) is 0. The summed E-state index contributed by atoms with van der Waals surface area (Å²) in [7, 11) is 0. The largest absolute Gasteiger partial charge is 0.465 e. The Morgan fingerprint density at radius 3 is 2.80 bits per heavy atom. The second-order valence-corrected chi connectivity index (χ2v) is 4.98. The molecule has 82 valence electrons. The average molecular weight is 206 g/mol. The second-order valence-electron chi connectivity index (χ2n) is 4.98. The molecule has 2 nitrogen and oxygen atoms in total. The number of aryl methyl sites for hydroxylation is 1. The van der Waals surface area contributed by atoms with E-state index in [-0.39, 0.29) is 6.10 Å². The van der Waals surface area contributed by atoms with Crippen LogP contribution in [0.5, 0.6) is 0 Å². The topological polar surface area (TPSA) is 33.4 Å². The minimum absolute atomic E-state index is 0.180. The van der Waals surface area contributed by atoms with Crippen molar-refractivity contribution >= 4 is 0 Å². The molecule has 2 aliphatic rings. The minimum Gasteiger partial charge on any atom is -0.465 e. The fourth-order valence-electron chi connectivity index (χ4n) is 2.92. The molecule has 0 aromatic carbocycles. The molecule has 15 heavy (non-hydrogen) atoms. The SMILES string of the molecule is OC1CCc2cc(C3CCCC3)oc2C1. The predicted molar refractivity (Wildman–Crippen MR) is 57.9 cm³/mol. The number of aliphatic hydroxyl groups excluding tert-OH is 1. The maximum Gasteiger partial charge on any atom is 0.109 e. The highest BCUT2D eigenvalue weighted by atomic mass is 16.3. The van der Waals surface area contributed by atoms with E-state index in [4.69, 9.17) is 4.42 Å². The molecule has 1 aromatic rings. The Hall–Kier alpha value is -0.760. The fraction of sp³-hybridized carbons (Fsp3) is 0.692. The molecule has 1 atom stereocenters. The Labute approximate surface area is 90.3 Å². The highest BCUT2D eigenvalue weighted by Gasteiger charge is 2.25. The third-order valence-electron chi connectivity index (χ3n) is 3.84. The van der Waals surface area contributed by atoms with Gasteiger partial charge in [0, 0.05) is 12.3 Å². The number of hydrogen-bond donors (Lipinski definition) is 1. The van der Waals surface area contributed by atoms with E-state index < -0.39 is 0 Å². The second kappa shape index (κ2) is 3.67. The summed E-state index contributed by atoms with van der Waals surface area (Å²) in [6.45, 7) is 0. The Bertz CT molecular complexity index is 347. The van der Waals surface area contributed by atoms with Crippen LogP contribution in [0.4, 0.5) is 0 Å². The highest BCUT2D eigenvalue weighted by Crippen LogP contribution is 2.37. The van der Waals surface area contributed by atoms with Crippen molar-refractivity contribution in [3.63, 3.8) is 0 Å². The molecule has 1 aromatic heterocycles. The summed E-state index contributed by atoms with van der Waals surface area (Å²) >= 11 is 0. The molecule has 0 aliphatic heterocycles. The van der Waals surface area contributed by atoms with Gasteiger partial charge in [0.1, 0.15) is 11.5 Å². The van der Waals surface area contributed by atoms with Gasteiger partial charge in [-0.05, 0) is 37.3 Å². The van der Waals surface area contributed by atoms with Crippen LogP contribution in [0.2, 0.25) is 0 Å². The van der Waals surface area contributed by atoms with Gasteiger partial charge in [-0.25, -0.2) is 0 Å². The Morgan fingerprint density at radius 1 is 1.20 bits per heavy atom. The van der Waals surface area contributed by atoms with Crippen LogP contribution in [-0.4, -0.2) is 11.2 Å². The zero-order chi connectivity index (χ0) is 10.3. The molecule has 1 unspecified atom stereocenters. The van der Waals surface area contributed by atoms with Crippen LogP contribution in [0.15, 0.2) is 10.5 Å². The lowest BCUT2D eigenvalue weighted by Crippen LogP contribution is -2.16. The van der Waals surface area contributed by atoms with E-state index in [9.17, 15) is 5.11 Å². The molecule has 1 saturated carbocycles. The summed E-state index contributed by atoms with van der Waals surface area (Å²) in [5.74, 6) is 2.90. The molecule has 0 bridgehead atoms. The van der Waals surface area contributed by atoms with E-state index in [0.717, 1.165) is 25.0 Å². The number of hydrogen-bond acceptors (Lipinski definition) is 2. The van der Waals surface area contributed by atoms with Crippen LogP contribution in [0.1, 0.15) is 55.1 Å². The zero-order valence-electron chi connectivity index (χ0n) is 9.04. The third kappa shape index (κ3) is 1.71. The first kappa shape index (κ1) is 9.46. The van der Waals surface area contributed by atoms with Crippen LogP contribution in [-0.2, 0) is 12.8 Å². The van der Waals surface area contributed by atoms with Crippen LogP contribution in [0.3, 0.4) is 0 Å². The van der Waals surface area contributed by atoms with E-state index in [1.165, 1.54) is 37.0 Å². The molecule has 0 amide bonds. The monoisotopic (exact) mass is 206 g/mol. The Morgan fingerprint density at radius 2 is 2.00 bits per heavy atom. The van der Waals surface area contributed by atoms with Gasteiger partial charge < -0.3 is 9.52 Å². The van der Waals surface area contributed by atoms with Crippen molar-refractivity contribution in [2.24, 2.45) is 0 Å². The number of aliphatic hydroxyl groups is 1. The van der Waals surface area contributed by atoms with E-state index in [0.29, 0.717) is 5.92 Å².